The van der Waals surface area contributed by atoms with Crippen LogP contribution in [0.15, 0.2) is 24.3 Å². The van der Waals surface area contributed by atoms with E-state index in [4.69, 9.17) is 20.3 Å². The first-order valence-electron chi connectivity index (χ1n) is 5.65. The highest BCUT2D eigenvalue weighted by Crippen LogP contribution is 2.31. The summed E-state index contributed by atoms with van der Waals surface area (Å²) in [5.41, 5.74) is 5.96. The van der Waals surface area contributed by atoms with E-state index >= 15 is 0 Å². The first-order chi connectivity index (χ1) is 9.55. The molecule has 0 bridgehead atoms. The maximum Gasteiger partial charge on any atom is 0.354 e. The van der Waals surface area contributed by atoms with Crippen LogP contribution in [0.3, 0.4) is 0 Å². The highest BCUT2D eigenvalue weighted by Gasteiger charge is 2.14. The molecule has 0 atom stereocenters. The van der Waals surface area contributed by atoms with Crippen molar-refractivity contribution in [2.24, 2.45) is 0 Å². The second-order valence-electron chi connectivity index (χ2n) is 3.87. The number of carbonyl (C=O) groups is 1. The minimum Gasteiger partial charge on any atom is -0.497 e. The summed E-state index contributed by atoms with van der Waals surface area (Å²) >= 11 is 0. The molecule has 0 saturated heterocycles. The Kier molecular flexibility index (Phi) is 3.69. The predicted octanol–water partition coefficient (Wildman–Crippen LogP) is 1.44. The van der Waals surface area contributed by atoms with Crippen molar-refractivity contribution in [1.29, 1.82) is 0 Å². The monoisotopic (exact) mass is 275 g/mol. The molecular formula is C13H13N3O4. The molecule has 1 aromatic carbocycles. The third kappa shape index (κ3) is 2.61. The van der Waals surface area contributed by atoms with Gasteiger partial charge >= 0.3 is 5.97 Å². The van der Waals surface area contributed by atoms with Gasteiger partial charge in [-0.25, -0.2) is 14.8 Å². The summed E-state index contributed by atoms with van der Waals surface area (Å²) in [7, 11) is 3.02. The second-order valence-corrected chi connectivity index (χ2v) is 3.87. The van der Waals surface area contributed by atoms with Gasteiger partial charge in [0.15, 0.2) is 11.5 Å². The molecule has 0 spiro atoms. The van der Waals surface area contributed by atoms with E-state index < -0.39 is 5.97 Å². The number of aromatic carboxylic acids is 1. The van der Waals surface area contributed by atoms with Crippen LogP contribution in [-0.2, 0) is 0 Å². The Morgan fingerprint density at radius 3 is 2.55 bits per heavy atom. The Labute approximate surface area is 115 Å². The molecular weight excluding hydrogens is 262 g/mol. The van der Waals surface area contributed by atoms with Crippen molar-refractivity contribution in [3.05, 3.63) is 30.0 Å². The van der Waals surface area contributed by atoms with Gasteiger partial charge in [0.05, 0.1) is 19.8 Å². The maximum absolute atomic E-state index is 11.0. The average molecular weight is 275 g/mol. The first kappa shape index (κ1) is 13.6. The maximum atomic E-state index is 11.0. The van der Waals surface area contributed by atoms with Crippen molar-refractivity contribution in [3.8, 4) is 22.9 Å². The van der Waals surface area contributed by atoms with Crippen molar-refractivity contribution in [3.63, 3.8) is 0 Å². The molecule has 1 heterocycles. The third-order valence-electron chi connectivity index (χ3n) is 2.61. The van der Waals surface area contributed by atoms with Crippen molar-refractivity contribution in [1.82, 2.24) is 9.97 Å². The van der Waals surface area contributed by atoms with E-state index in [1.165, 1.54) is 20.3 Å². The SMILES string of the molecule is COc1ccc(-c2nc(N)cc(C(=O)O)n2)c(OC)c1. The fourth-order valence-corrected chi connectivity index (χ4v) is 1.68. The Morgan fingerprint density at radius 2 is 1.95 bits per heavy atom. The van der Waals surface area contributed by atoms with Gasteiger partial charge in [0.25, 0.3) is 0 Å². The normalized spacial score (nSPS) is 10.1. The molecule has 0 aliphatic heterocycles. The van der Waals surface area contributed by atoms with Gasteiger partial charge in [0, 0.05) is 12.1 Å². The van der Waals surface area contributed by atoms with Gasteiger partial charge in [-0.3, -0.25) is 0 Å². The number of ether oxygens (including phenoxy) is 2. The van der Waals surface area contributed by atoms with Crippen molar-refractivity contribution < 1.29 is 19.4 Å². The molecule has 3 N–H and O–H groups in total. The Balaban J connectivity index is 2.58. The number of carboxylic acids is 1. The number of rotatable bonds is 4. The summed E-state index contributed by atoms with van der Waals surface area (Å²) in [4.78, 5) is 19.0. The smallest absolute Gasteiger partial charge is 0.354 e. The number of methoxy groups -OCH3 is 2. The number of benzene rings is 1. The molecule has 1 aromatic heterocycles. The zero-order chi connectivity index (χ0) is 14.7. The Hall–Kier alpha value is -2.83. The number of hydrogen-bond acceptors (Lipinski definition) is 6. The summed E-state index contributed by atoms with van der Waals surface area (Å²) in [5.74, 6) is 0.152. The topological polar surface area (TPSA) is 108 Å². The Morgan fingerprint density at radius 1 is 1.20 bits per heavy atom. The number of hydrogen-bond donors (Lipinski definition) is 2. The van der Waals surface area contributed by atoms with Crippen LogP contribution in [0.5, 0.6) is 11.5 Å². The summed E-state index contributed by atoms with van der Waals surface area (Å²) in [5, 5.41) is 8.99. The molecule has 0 aliphatic rings. The van der Waals surface area contributed by atoms with E-state index in [1.807, 2.05) is 0 Å². The van der Waals surface area contributed by atoms with Gasteiger partial charge in [-0.1, -0.05) is 0 Å². The number of nitrogen functional groups attached to an aromatic ring is 1. The van der Waals surface area contributed by atoms with Gasteiger partial charge in [0.2, 0.25) is 0 Å². The lowest BCUT2D eigenvalue weighted by Crippen LogP contribution is -2.06. The highest BCUT2D eigenvalue weighted by molar-refractivity contribution is 5.87. The van der Waals surface area contributed by atoms with Crippen LogP contribution in [0.25, 0.3) is 11.4 Å². The predicted molar refractivity (Wildman–Crippen MR) is 71.9 cm³/mol. The molecule has 2 rings (SSSR count). The molecule has 0 aliphatic carbocycles. The average Bonchev–Trinajstić information content (AvgIpc) is 2.45. The second kappa shape index (κ2) is 5.43. The number of aromatic nitrogens is 2. The van der Waals surface area contributed by atoms with Crippen LogP contribution >= 0.6 is 0 Å². The van der Waals surface area contributed by atoms with E-state index in [-0.39, 0.29) is 17.3 Å². The lowest BCUT2D eigenvalue weighted by Gasteiger charge is -2.10. The zero-order valence-corrected chi connectivity index (χ0v) is 11.0. The first-order valence-corrected chi connectivity index (χ1v) is 5.65. The molecule has 104 valence electrons. The summed E-state index contributed by atoms with van der Waals surface area (Å²) in [6.45, 7) is 0. The van der Waals surface area contributed by atoms with Crippen LogP contribution < -0.4 is 15.2 Å². The molecule has 0 radical (unpaired) electrons. The van der Waals surface area contributed by atoms with E-state index in [1.54, 1.807) is 18.2 Å². The fourth-order valence-electron chi connectivity index (χ4n) is 1.68. The van der Waals surface area contributed by atoms with Crippen LogP contribution in [0.4, 0.5) is 5.82 Å². The number of carboxylic acid groups (broad SMARTS) is 1. The molecule has 0 saturated carbocycles. The minimum atomic E-state index is -1.17. The van der Waals surface area contributed by atoms with Crippen LogP contribution in [0.2, 0.25) is 0 Å². The van der Waals surface area contributed by atoms with Gasteiger partial charge in [-0.05, 0) is 12.1 Å². The standard InChI is InChI=1S/C13H13N3O4/c1-19-7-3-4-8(10(5-7)20-2)12-15-9(13(17)18)6-11(14)16-12/h3-6H,1-2H3,(H,17,18)(H2,14,15,16). The molecule has 0 amide bonds. The van der Waals surface area contributed by atoms with Gasteiger partial charge < -0.3 is 20.3 Å². The fraction of sp³-hybridized carbons (Fsp3) is 0.154. The quantitative estimate of drug-likeness (QED) is 0.869. The molecule has 20 heavy (non-hydrogen) atoms. The van der Waals surface area contributed by atoms with Crippen LogP contribution in [0.1, 0.15) is 10.5 Å². The van der Waals surface area contributed by atoms with Gasteiger partial charge in [-0.15, -0.1) is 0 Å². The van der Waals surface area contributed by atoms with Crippen molar-refractivity contribution in [2.75, 3.05) is 20.0 Å². The number of nitrogens with two attached hydrogens (primary N) is 1. The van der Waals surface area contributed by atoms with Crippen molar-refractivity contribution >= 4 is 11.8 Å². The van der Waals surface area contributed by atoms with Crippen LogP contribution in [-0.4, -0.2) is 35.3 Å². The van der Waals surface area contributed by atoms with E-state index in [0.29, 0.717) is 17.1 Å². The number of nitrogens with zero attached hydrogens (tertiary/aromatic N) is 2. The minimum absolute atomic E-state index is 0.0743. The van der Waals surface area contributed by atoms with E-state index in [0.717, 1.165) is 0 Å². The van der Waals surface area contributed by atoms with Crippen molar-refractivity contribution in [2.45, 2.75) is 0 Å². The van der Waals surface area contributed by atoms with Gasteiger partial charge in [0.1, 0.15) is 17.3 Å². The molecule has 2 aromatic rings. The number of anilines is 1. The lowest BCUT2D eigenvalue weighted by atomic mass is 10.1. The third-order valence-corrected chi connectivity index (χ3v) is 2.61. The zero-order valence-electron chi connectivity index (χ0n) is 11.0. The molecule has 0 unspecified atom stereocenters. The van der Waals surface area contributed by atoms with Crippen LogP contribution in [0, 0.1) is 0 Å². The largest absolute Gasteiger partial charge is 0.497 e. The van der Waals surface area contributed by atoms with E-state index in [2.05, 4.69) is 9.97 Å². The lowest BCUT2D eigenvalue weighted by molar-refractivity contribution is 0.0690. The van der Waals surface area contributed by atoms with Gasteiger partial charge in [-0.2, -0.15) is 0 Å². The summed E-state index contributed by atoms with van der Waals surface area (Å²) in [6.07, 6.45) is 0. The highest BCUT2D eigenvalue weighted by atomic mass is 16.5. The van der Waals surface area contributed by atoms with E-state index in [9.17, 15) is 4.79 Å². The molecule has 7 heteroatoms. The summed E-state index contributed by atoms with van der Waals surface area (Å²) < 4.78 is 10.3. The molecule has 7 nitrogen and oxygen atoms in total. The Bertz CT molecular complexity index is 658. The summed E-state index contributed by atoms with van der Waals surface area (Å²) in [6, 6.07) is 6.23. The molecule has 0 fully saturated rings.